The lowest BCUT2D eigenvalue weighted by Crippen LogP contribution is -2.09. The first-order valence-corrected chi connectivity index (χ1v) is 10.1. The van der Waals surface area contributed by atoms with Gasteiger partial charge in [-0.2, -0.15) is 8.42 Å². The molecule has 0 N–H and O–H groups in total. The van der Waals surface area contributed by atoms with Crippen molar-refractivity contribution in [1.29, 1.82) is 0 Å². The Morgan fingerprint density at radius 3 is 2.29 bits per heavy atom. The number of halogens is 1. The molecule has 0 amide bonds. The molecule has 0 aliphatic carbocycles. The standard InChI is InChI=1S/C19H13BrN2O5S/c20-18-12-14(13-21-15-7-9-16(10-8-15)22(23)24)6-11-19(18)27-28(25,26)17-4-2-1-3-5-17/h1-13H. The van der Waals surface area contributed by atoms with E-state index in [2.05, 4.69) is 20.9 Å². The van der Waals surface area contributed by atoms with Crippen LogP contribution in [-0.2, 0) is 10.1 Å². The third-order valence-electron chi connectivity index (χ3n) is 3.61. The number of aliphatic imine (C=N–C) groups is 1. The van der Waals surface area contributed by atoms with Crippen LogP contribution in [0.5, 0.6) is 5.75 Å². The zero-order valence-corrected chi connectivity index (χ0v) is 16.6. The number of benzene rings is 3. The second kappa shape index (κ2) is 8.32. The highest BCUT2D eigenvalue weighted by molar-refractivity contribution is 9.10. The van der Waals surface area contributed by atoms with Crippen molar-refractivity contribution in [1.82, 2.24) is 0 Å². The molecule has 0 atom stereocenters. The van der Waals surface area contributed by atoms with Gasteiger partial charge in [0.2, 0.25) is 0 Å². The van der Waals surface area contributed by atoms with Gasteiger partial charge in [-0.1, -0.05) is 18.2 Å². The van der Waals surface area contributed by atoms with Gasteiger partial charge in [0.1, 0.15) is 4.90 Å². The van der Waals surface area contributed by atoms with Crippen molar-refractivity contribution < 1.29 is 17.5 Å². The van der Waals surface area contributed by atoms with Gasteiger partial charge >= 0.3 is 10.1 Å². The summed E-state index contributed by atoms with van der Waals surface area (Å²) in [5.74, 6) is 0.149. The number of nitrogens with zero attached hydrogens (tertiary/aromatic N) is 2. The number of nitro benzene ring substituents is 1. The summed E-state index contributed by atoms with van der Waals surface area (Å²) in [6.07, 6.45) is 1.56. The van der Waals surface area contributed by atoms with Crippen LogP contribution in [0.3, 0.4) is 0 Å². The predicted octanol–water partition coefficient (Wildman–Crippen LogP) is 4.88. The Hall–Kier alpha value is -3.04. The molecule has 0 spiro atoms. The number of hydrogen-bond acceptors (Lipinski definition) is 6. The Labute approximate surface area is 169 Å². The first kappa shape index (κ1) is 19.7. The molecule has 0 fully saturated rings. The molecule has 0 heterocycles. The molecule has 0 aromatic heterocycles. The van der Waals surface area contributed by atoms with Gasteiger partial charge in [-0.3, -0.25) is 15.1 Å². The lowest BCUT2D eigenvalue weighted by Gasteiger charge is -2.09. The lowest BCUT2D eigenvalue weighted by atomic mass is 10.2. The molecule has 7 nitrogen and oxygen atoms in total. The zero-order chi connectivity index (χ0) is 20.1. The minimum absolute atomic E-state index is 0.0113. The van der Waals surface area contributed by atoms with Crippen LogP contribution >= 0.6 is 15.9 Å². The van der Waals surface area contributed by atoms with Crippen LogP contribution in [-0.4, -0.2) is 19.6 Å². The van der Waals surface area contributed by atoms with E-state index in [-0.39, 0.29) is 16.3 Å². The average Bonchev–Trinajstić information content (AvgIpc) is 2.69. The van der Waals surface area contributed by atoms with Gasteiger partial charge in [0.15, 0.2) is 5.75 Å². The molecule has 0 bridgehead atoms. The topological polar surface area (TPSA) is 98.9 Å². The first-order valence-electron chi connectivity index (χ1n) is 7.93. The van der Waals surface area contributed by atoms with E-state index in [4.69, 9.17) is 4.18 Å². The summed E-state index contributed by atoms with van der Waals surface area (Å²) >= 11 is 3.30. The van der Waals surface area contributed by atoms with E-state index in [1.807, 2.05) is 0 Å². The Bertz CT molecular complexity index is 1130. The maximum atomic E-state index is 12.3. The van der Waals surface area contributed by atoms with Crippen LogP contribution < -0.4 is 4.18 Å². The molecule has 9 heteroatoms. The Morgan fingerprint density at radius 2 is 1.68 bits per heavy atom. The summed E-state index contributed by atoms with van der Waals surface area (Å²) in [5, 5.41) is 10.7. The summed E-state index contributed by atoms with van der Waals surface area (Å²) < 4.78 is 30.2. The molecule has 0 saturated heterocycles. The fourth-order valence-corrected chi connectivity index (χ4v) is 3.78. The summed E-state index contributed by atoms with van der Waals surface area (Å²) in [7, 11) is -3.93. The van der Waals surface area contributed by atoms with E-state index >= 15 is 0 Å². The number of hydrogen-bond donors (Lipinski definition) is 0. The molecule has 3 aromatic carbocycles. The Kier molecular flexibility index (Phi) is 5.86. The molecule has 0 aliphatic rings. The summed E-state index contributed by atoms with van der Waals surface area (Å²) in [5.41, 5.74) is 1.23. The summed E-state index contributed by atoms with van der Waals surface area (Å²) in [6.45, 7) is 0. The van der Waals surface area contributed by atoms with Crippen molar-refractivity contribution >= 4 is 43.6 Å². The van der Waals surface area contributed by atoms with E-state index < -0.39 is 15.0 Å². The normalized spacial score (nSPS) is 11.5. The average molecular weight is 461 g/mol. The van der Waals surface area contributed by atoms with Crippen molar-refractivity contribution in [3.05, 3.63) is 92.9 Å². The quantitative estimate of drug-likeness (QED) is 0.226. The lowest BCUT2D eigenvalue weighted by molar-refractivity contribution is -0.384. The Morgan fingerprint density at radius 1 is 1.00 bits per heavy atom. The van der Waals surface area contributed by atoms with Crippen molar-refractivity contribution in [3.8, 4) is 5.75 Å². The fraction of sp³-hybridized carbons (Fsp3) is 0. The van der Waals surface area contributed by atoms with E-state index in [0.29, 0.717) is 15.7 Å². The van der Waals surface area contributed by atoms with Crippen LogP contribution in [0.1, 0.15) is 5.56 Å². The fourth-order valence-electron chi connectivity index (χ4n) is 2.23. The summed E-state index contributed by atoms with van der Waals surface area (Å²) in [6, 6.07) is 18.5. The van der Waals surface area contributed by atoms with E-state index in [0.717, 1.165) is 0 Å². The van der Waals surface area contributed by atoms with Gasteiger partial charge in [0.25, 0.3) is 5.69 Å². The van der Waals surface area contributed by atoms with Crippen molar-refractivity contribution in [2.24, 2.45) is 4.99 Å². The maximum Gasteiger partial charge on any atom is 0.339 e. The molecule has 3 rings (SSSR count). The highest BCUT2D eigenvalue weighted by Gasteiger charge is 2.17. The molecule has 3 aromatic rings. The third kappa shape index (κ3) is 4.81. The molecule has 0 unspecified atom stereocenters. The van der Waals surface area contributed by atoms with Gasteiger partial charge in [-0.05, 0) is 64.0 Å². The van der Waals surface area contributed by atoms with E-state index in [9.17, 15) is 18.5 Å². The van der Waals surface area contributed by atoms with Gasteiger partial charge in [0, 0.05) is 18.3 Å². The molecular weight excluding hydrogens is 448 g/mol. The minimum atomic E-state index is -3.93. The van der Waals surface area contributed by atoms with Crippen molar-refractivity contribution in [3.63, 3.8) is 0 Å². The van der Waals surface area contributed by atoms with E-state index in [1.165, 1.54) is 42.5 Å². The molecule has 28 heavy (non-hydrogen) atoms. The van der Waals surface area contributed by atoms with Crippen LogP contribution in [0.25, 0.3) is 0 Å². The second-order valence-electron chi connectivity index (χ2n) is 5.57. The highest BCUT2D eigenvalue weighted by Crippen LogP contribution is 2.29. The van der Waals surface area contributed by atoms with Gasteiger partial charge in [-0.15, -0.1) is 0 Å². The van der Waals surface area contributed by atoms with Gasteiger partial charge in [0.05, 0.1) is 15.1 Å². The number of non-ortho nitro benzene ring substituents is 1. The molecule has 142 valence electrons. The second-order valence-corrected chi connectivity index (χ2v) is 7.97. The Balaban J connectivity index is 1.76. The number of rotatable bonds is 6. The molecular formula is C19H13BrN2O5S. The SMILES string of the molecule is O=[N+]([O-])c1ccc(N=Cc2ccc(OS(=O)(=O)c3ccccc3)c(Br)c2)cc1. The van der Waals surface area contributed by atoms with Crippen LogP contribution in [0.4, 0.5) is 11.4 Å². The number of nitro groups is 1. The minimum Gasteiger partial charge on any atom is -0.378 e. The van der Waals surface area contributed by atoms with Crippen LogP contribution in [0.15, 0.2) is 87.2 Å². The smallest absolute Gasteiger partial charge is 0.339 e. The van der Waals surface area contributed by atoms with Crippen LogP contribution in [0, 0.1) is 10.1 Å². The third-order valence-corrected chi connectivity index (χ3v) is 5.48. The maximum absolute atomic E-state index is 12.3. The van der Waals surface area contributed by atoms with Gasteiger partial charge < -0.3 is 4.18 Å². The monoisotopic (exact) mass is 460 g/mol. The van der Waals surface area contributed by atoms with Gasteiger partial charge in [-0.25, -0.2) is 0 Å². The molecule has 0 radical (unpaired) electrons. The molecule has 0 aliphatic heterocycles. The largest absolute Gasteiger partial charge is 0.378 e. The van der Waals surface area contributed by atoms with Crippen LogP contribution in [0.2, 0.25) is 0 Å². The molecule has 0 saturated carbocycles. The highest BCUT2D eigenvalue weighted by atomic mass is 79.9. The first-order chi connectivity index (χ1) is 13.3. The summed E-state index contributed by atoms with van der Waals surface area (Å²) in [4.78, 5) is 14.5. The van der Waals surface area contributed by atoms with E-state index in [1.54, 1.807) is 36.5 Å². The van der Waals surface area contributed by atoms with Crippen molar-refractivity contribution in [2.45, 2.75) is 4.90 Å². The van der Waals surface area contributed by atoms with Crippen molar-refractivity contribution in [2.75, 3.05) is 0 Å². The predicted molar refractivity (Wildman–Crippen MR) is 109 cm³/mol. The zero-order valence-electron chi connectivity index (χ0n) is 14.2.